The SMILES string of the molecule is CC1(F)Oc2ccc(NC(=O)Nc3ccc(Cl)c(C(F)(F)F)c3)cc2O1. The van der Waals surface area contributed by atoms with Gasteiger partial charge in [-0.1, -0.05) is 11.6 Å². The zero-order valence-corrected chi connectivity index (χ0v) is 13.8. The molecule has 0 radical (unpaired) electrons. The monoisotopic (exact) mass is 390 g/mol. The predicted molar refractivity (Wildman–Crippen MR) is 86.3 cm³/mol. The maximum atomic E-state index is 13.6. The summed E-state index contributed by atoms with van der Waals surface area (Å²) in [6.45, 7) is 1.07. The van der Waals surface area contributed by atoms with Crippen LogP contribution in [-0.4, -0.2) is 12.1 Å². The minimum absolute atomic E-state index is 0.0821. The first-order chi connectivity index (χ1) is 12.0. The number of carbonyl (C=O) groups excluding carboxylic acids is 1. The topological polar surface area (TPSA) is 59.6 Å². The van der Waals surface area contributed by atoms with Crippen molar-refractivity contribution in [2.75, 3.05) is 10.6 Å². The van der Waals surface area contributed by atoms with Crippen LogP contribution in [-0.2, 0) is 6.18 Å². The summed E-state index contributed by atoms with van der Waals surface area (Å²) in [5.41, 5.74) is -0.939. The minimum atomic E-state index is -4.65. The first-order valence-corrected chi connectivity index (χ1v) is 7.57. The molecule has 0 saturated carbocycles. The number of rotatable bonds is 2. The Labute approximate surface area is 149 Å². The Kier molecular flexibility index (Phi) is 4.35. The zero-order valence-electron chi connectivity index (χ0n) is 13.1. The number of urea groups is 1. The van der Waals surface area contributed by atoms with E-state index in [0.717, 1.165) is 19.1 Å². The second-order valence-electron chi connectivity index (χ2n) is 5.47. The zero-order chi connectivity index (χ0) is 19.1. The quantitative estimate of drug-likeness (QED) is 0.673. The van der Waals surface area contributed by atoms with Crippen LogP contribution in [0.25, 0.3) is 0 Å². The minimum Gasteiger partial charge on any atom is -0.423 e. The Hall–Kier alpha value is -2.68. The van der Waals surface area contributed by atoms with E-state index >= 15 is 0 Å². The lowest BCUT2D eigenvalue weighted by Crippen LogP contribution is -2.27. The maximum Gasteiger partial charge on any atom is 0.417 e. The molecule has 2 amide bonds. The highest BCUT2D eigenvalue weighted by Gasteiger charge is 2.37. The second kappa shape index (κ2) is 6.24. The lowest BCUT2D eigenvalue weighted by molar-refractivity contribution is -0.173. The highest BCUT2D eigenvalue weighted by Crippen LogP contribution is 2.41. The van der Waals surface area contributed by atoms with Gasteiger partial charge in [0.15, 0.2) is 11.5 Å². The summed E-state index contributed by atoms with van der Waals surface area (Å²) in [5, 5.41) is 4.18. The third-order valence-corrected chi connectivity index (χ3v) is 3.65. The van der Waals surface area contributed by atoms with Gasteiger partial charge in [0.2, 0.25) is 0 Å². The van der Waals surface area contributed by atoms with Gasteiger partial charge in [-0.3, -0.25) is 0 Å². The molecular formula is C16H11ClF4N2O3. The molecule has 2 aromatic rings. The fraction of sp³-hybridized carbons (Fsp3) is 0.188. The molecule has 138 valence electrons. The molecular weight excluding hydrogens is 380 g/mol. The smallest absolute Gasteiger partial charge is 0.417 e. The third kappa shape index (κ3) is 3.93. The van der Waals surface area contributed by atoms with Crippen molar-refractivity contribution in [2.24, 2.45) is 0 Å². The van der Waals surface area contributed by atoms with Crippen LogP contribution in [0, 0.1) is 0 Å². The summed E-state index contributed by atoms with van der Waals surface area (Å²) in [6.07, 6.45) is -4.65. The van der Waals surface area contributed by atoms with Crippen molar-refractivity contribution >= 4 is 29.0 Å². The Morgan fingerprint density at radius 3 is 2.27 bits per heavy atom. The number of carbonyl (C=O) groups is 1. The number of alkyl halides is 4. The number of hydrogen-bond donors (Lipinski definition) is 2. The Morgan fingerprint density at radius 2 is 1.62 bits per heavy atom. The van der Waals surface area contributed by atoms with Gasteiger partial charge in [-0.25, -0.2) is 4.79 Å². The van der Waals surface area contributed by atoms with Gasteiger partial charge in [-0.05, 0) is 30.3 Å². The van der Waals surface area contributed by atoms with Crippen LogP contribution < -0.4 is 20.1 Å². The fourth-order valence-corrected chi connectivity index (χ4v) is 2.50. The van der Waals surface area contributed by atoms with Gasteiger partial charge in [0.05, 0.1) is 10.6 Å². The number of fused-ring (bicyclic) bond motifs is 1. The van der Waals surface area contributed by atoms with Crippen molar-refractivity contribution in [1.82, 2.24) is 0 Å². The molecule has 2 N–H and O–H groups in total. The van der Waals surface area contributed by atoms with Crippen molar-refractivity contribution in [2.45, 2.75) is 19.1 Å². The molecule has 10 heteroatoms. The first kappa shape index (κ1) is 18.1. The molecule has 1 atom stereocenters. The Morgan fingerprint density at radius 1 is 1.04 bits per heavy atom. The summed E-state index contributed by atoms with van der Waals surface area (Å²) < 4.78 is 61.9. The highest BCUT2D eigenvalue weighted by molar-refractivity contribution is 6.31. The number of nitrogens with one attached hydrogen (secondary N) is 2. The van der Waals surface area contributed by atoms with E-state index in [-0.39, 0.29) is 22.9 Å². The lowest BCUT2D eigenvalue weighted by atomic mass is 10.2. The molecule has 0 bridgehead atoms. The average Bonchev–Trinajstić information content (AvgIpc) is 2.81. The molecule has 5 nitrogen and oxygen atoms in total. The van der Waals surface area contributed by atoms with Crippen molar-refractivity contribution in [3.63, 3.8) is 0 Å². The average molecular weight is 391 g/mol. The van der Waals surface area contributed by atoms with E-state index in [1.807, 2.05) is 0 Å². The van der Waals surface area contributed by atoms with Crippen LogP contribution in [0.15, 0.2) is 36.4 Å². The van der Waals surface area contributed by atoms with E-state index in [1.165, 1.54) is 24.3 Å². The number of benzene rings is 2. The van der Waals surface area contributed by atoms with Crippen molar-refractivity contribution in [1.29, 1.82) is 0 Å². The molecule has 0 spiro atoms. The Balaban J connectivity index is 1.71. The molecule has 1 aliphatic heterocycles. The van der Waals surface area contributed by atoms with Crippen molar-refractivity contribution in [3.05, 3.63) is 47.0 Å². The van der Waals surface area contributed by atoms with Crippen LogP contribution in [0.5, 0.6) is 11.5 Å². The Bertz CT molecular complexity index is 871. The van der Waals surface area contributed by atoms with Crippen LogP contribution in [0.4, 0.5) is 33.7 Å². The van der Waals surface area contributed by atoms with E-state index in [2.05, 4.69) is 10.6 Å². The van der Waals surface area contributed by atoms with Gasteiger partial charge in [0, 0.05) is 24.4 Å². The fourth-order valence-electron chi connectivity index (χ4n) is 2.28. The summed E-state index contributed by atoms with van der Waals surface area (Å²) in [6, 6.07) is 4.00. The highest BCUT2D eigenvalue weighted by atomic mass is 35.5. The normalized spacial score (nSPS) is 18.5. The molecule has 1 unspecified atom stereocenters. The molecule has 0 aliphatic carbocycles. The third-order valence-electron chi connectivity index (χ3n) is 3.32. The van der Waals surface area contributed by atoms with Crippen LogP contribution in [0.2, 0.25) is 5.02 Å². The molecule has 26 heavy (non-hydrogen) atoms. The molecule has 3 rings (SSSR count). The largest absolute Gasteiger partial charge is 0.423 e. The molecule has 0 saturated heterocycles. The number of ether oxygens (including phenoxy) is 2. The number of anilines is 2. The van der Waals surface area contributed by atoms with Gasteiger partial charge in [0.1, 0.15) is 0 Å². The van der Waals surface area contributed by atoms with Gasteiger partial charge >= 0.3 is 18.2 Å². The number of amides is 2. The summed E-state index contributed by atoms with van der Waals surface area (Å²) in [5.74, 6) is 0.243. The van der Waals surface area contributed by atoms with Crippen LogP contribution in [0.1, 0.15) is 12.5 Å². The number of halogens is 5. The van der Waals surface area contributed by atoms with Gasteiger partial charge in [-0.2, -0.15) is 17.6 Å². The van der Waals surface area contributed by atoms with Crippen LogP contribution >= 0.6 is 11.6 Å². The van der Waals surface area contributed by atoms with E-state index in [9.17, 15) is 22.4 Å². The molecule has 0 aromatic heterocycles. The number of hydrogen-bond acceptors (Lipinski definition) is 3. The standard InChI is InChI=1S/C16H11ClF4N2O3/c1-15(18)25-12-5-3-9(7-13(12)26-15)23-14(24)22-8-2-4-11(17)10(6-8)16(19,20)21/h2-7H,1H3,(H2,22,23,24). The molecule has 2 aromatic carbocycles. The molecule has 1 aliphatic rings. The molecule has 1 heterocycles. The first-order valence-electron chi connectivity index (χ1n) is 7.19. The van der Waals surface area contributed by atoms with E-state index < -0.39 is 28.8 Å². The summed E-state index contributed by atoms with van der Waals surface area (Å²) in [4.78, 5) is 12.0. The molecule has 0 fully saturated rings. The van der Waals surface area contributed by atoms with Gasteiger partial charge < -0.3 is 20.1 Å². The van der Waals surface area contributed by atoms with E-state index in [1.54, 1.807) is 0 Å². The summed E-state index contributed by atoms with van der Waals surface area (Å²) in [7, 11) is 0. The second-order valence-corrected chi connectivity index (χ2v) is 5.88. The lowest BCUT2D eigenvalue weighted by Gasteiger charge is -2.12. The predicted octanol–water partition coefficient (Wildman–Crippen LogP) is 5.42. The van der Waals surface area contributed by atoms with E-state index in [0.29, 0.717) is 0 Å². The van der Waals surface area contributed by atoms with Crippen LogP contribution in [0.3, 0.4) is 0 Å². The van der Waals surface area contributed by atoms with E-state index in [4.69, 9.17) is 21.1 Å². The maximum absolute atomic E-state index is 13.6. The van der Waals surface area contributed by atoms with Crippen molar-refractivity contribution < 1.29 is 31.8 Å². The van der Waals surface area contributed by atoms with Gasteiger partial charge in [0.25, 0.3) is 0 Å². The summed E-state index contributed by atoms with van der Waals surface area (Å²) >= 11 is 5.52. The van der Waals surface area contributed by atoms with Gasteiger partial charge in [-0.15, -0.1) is 0 Å². The van der Waals surface area contributed by atoms with Crippen molar-refractivity contribution in [3.8, 4) is 11.5 Å².